The number of benzene rings is 10. The van der Waals surface area contributed by atoms with Gasteiger partial charge in [-0.1, -0.05) is 141 Å². The first-order valence-electron chi connectivity index (χ1n) is 23.1. The Morgan fingerprint density at radius 1 is 0.333 bits per heavy atom. The van der Waals surface area contributed by atoms with Gasteiger partial charge in [0.1, 0.15) is 0 Å². The van der Waals surface area contributed by atoms with Crippen LogP contribution in [0, 0.1) is 6.92 Å². The van der Waals surface area contributed by atoms with E-state index in [4.69, 9.17) is 0 Å². The first-order valence-corrected chi connectivity index (χ1v) is 23.1. The quantitative estimate of drug-likeness (QED) is 0.164. The van der Waals surface area contributed by atoms with Crippen molar-refractivity contribution < 1.29 is 0 Å². The van der Waals surface area contributed by atoms with Gasteiger partial charge in [0.05, 0.1) is 45.5 Å². The van der Waals surface area contributed by atoms with Crippen molar-refractivity contribution in [1.29, 1.82) is 0 Å². The molecule has 2 heterocycles. The summed E-state index contributed by atoms with van der Waals surface area (Å²) < 4.78 is 0. The summed E-state index contributed by atoms with van der Waals surface area (Å²) in [5.74, 6) is 0. The summed E-state index contributed by atoms with van der Waals surface area (Å²) >= 11 is 0. The molecule has 0 amide bonds. The van der Waals surface area contributed by atoms with E-state index in [0.29, 0.717) is 0 Å². The molecule has 2 aliphatic heterocycles. The van der Waals surface area contributed by atoms with Crippen molar-refractivity contribution >= 4 is 78.4 Å². The van der Waals surface area contributed by atoms with E-state index in [1.54, 1.807) is 0 Å². The van der Waals surface area contributed by atoms with Crippen LogP contribution in [0.1, 0.15) is 30.5 Å². The van der Waals surface area contributed by atoms with Gasteiger partial charge in [0, 0.05) is 30.9 Å². The summed E-state index contributed by atoms with van der Waals surface area (Å²) in [7, 11) is 4.35. The van der Waals surface area contributed by atoms with Crippen molar-refractivity contribution in [3.05, 3.63) is 217 Å². The first-order chi connectivity index (χ1) is 32.3. The number of fused-ring (bicyclic) bond motifs is 9. The largest absolute Gasteiger partial charge is 0.341 e. The molecule has 0 aromatic heterocycles. The van der Waals surface area contributed by atoms with Gasteiger partial charge in [-0.2, -0.15) is 0 Å². The summed E-state index contributed by atoms with van der Waals surface area (Å²) in [5.41, 5.74) is 23.0. The lowest BCUT2D eigenvalue weighted by molar-refractivity contribution is 0.660. The average molecular weight is 849 g/mol. The Labute approximate surface area is 386 Å². The molecule has 1 aliphatic carbocycles. The maximum absolute atomic E-state index is 2.50. The monoisotopic (exact) mass is 848 g/mol. The van der Waals surface area contributed by atoms with Gasteiger partial charge in [-0.15, -0.1) is 0 Å². The van der Waals surface area contributed by atoms with Crippen LogP contribution in [-0.2, 0) is 5.41 Å². The van der Waals surface area contributed by atoms with Crippen LogP contribution in [0.4, 0.5) is 56.9 Å². The van der Waals surface area contributed by atoms with Crippen molar-refractivity contribution in [3.63, 3.8) is 0 Å². The molecule has 10 aromatic rings. The molecule has 0 spiro atoms. The average Bonchev–Trinajstić information content (AvgIpc) is 3.58. The number of para-hydroxylation sites is 8. The molecule has 0 saturated heterocycles. The number of aryl methyl sites for hydroxylation is 1. The summed E-state index contributed by atoms with van der Waals surface area (Å²) in [6.45, 7) is 6.95. The van der Waals surface area contributed by atoms with E-state index in [9.17, 15) is 0 Å². The molecule has 0 saturated carbocycles. The van der Waals surface area contributed by atoms with Crippen LogP contribution in [0.2, 0.25) is 0 Å². The standard InChI is InChI=1S/C62H48N4/c1-39-26-28-40(29-27-39)60-46-34-31-43(66-58-24-14-10-20-54(58)64(5)55-21-11-15-25-59(55)66)38-49(46)61(41-30-33-45-44-16-6-7-17-50(44)62(2,3)51(45)36-41)47-35-32-42(37-48(47)60)65-56-22-12-8-18-52(56)63(4)53-19-9-13-23-57(53)65/h6-38H,1-5H3. The van der Waals surface area contributed by atoms with Gasteiger partial charge in [0.2, 0.25) is 0 Å². The maximum Gasteiger partial charge on any atom is 0.0699 e. The summed E-state index contributed by atoms with van der Waals surface area (Å²) in [5, 5.41) is 4.89. The molecule has 4 nitrogen and oxygen atoms in total. The normalized spacial score (nSPS) is 14.1. The van der Waals surface area contributed by atoms with E-state index in [0.717, 1.165) is 34.1 Å². The Morgan fingerprint density at radius 2 is 0.727 bits per heavy atom. The minimum absolute atomic E-state index is 0.150. The molecular weight excluding hydrogens is 801 g/mol. The fourth-order valence-corrected chi connectivity index (χ4v) is 11.5. The third-order valence-electron chi connectivity index (χ3n) is 14.7. The maximum atomic E-state index is 2.50. The molecule has 0 fully saturated rings. The van der Waals surface area contributed by atoms with Crippen LogP contribution in [0.25, 0.3) is 54.9 Å². The molecule has 66 heavy (non-hydrogen) atoms. The van der Waals surface area contributed by atoms with Gasteiger partial charge in [0.25, 0.3) is 0 Å². The summed E-state index contributed by atoms with van der Waals surface area (Å²) in [6.07, 6.45) is 0. The molecule has 13 rings (SSSR count). The van der Waals surface area contributed by atoms with Crippen molar-refractivity contribution in [2.75, 3.05) is 33.7 Å². The first kappa shape index (κ1) is 38.4. The second-order valence-electron chi connectivity index (χ2n) is 18.8. The van der Waals surface area contributed by atoms with Gasteiger partial charge >= 0.3 is 0 Å². The number of hydrogen-bond acceptors (Lipinski definition) is 4. The van der Waals surface area contributed by atoms with Gasteiger partial charge in [0.15, 0.2) is 0 Å². The molecular formula is C62H48N4. The Hall–Kier alpha value is -8.08. The van der Waals surface area contributed by atoms with E-state index >= 15 is 0 Å². The van der Waals surface area contributed by atoms with Gasteiger partial charge in [-0.05, 0) is 152 Å². The van der Waals surface area contributed by atoms with Crippen molar-refractivity contribution in [2.24, 2.45) is 0 Å². The highest BCUT2D eigenvalue weighted by Crippen LogP contribution is 2.56. The lowest BCUT2D eigenvalue weighted by Gasteiger charge is -2.39. The van der Waals surface area contributed by atoms with Crippen molar-refractivity contribution in [2.45, 2.75) is 26.2 Å². The van der Waals surface area contributed by atoms with Crippen molar-refractivity contribution in [1.82, 2.24) is 0 Å². The highest BCUT2D eigenvalue weighted by Gasteiger charge is 2.36. The van der Waals surface area contributed by atoms with E-state index in [1.165, 1.54) is 94.4 Å². The van der Waals surface area contributed by atoms with Gasteiger partial charge in [-0.3, -0.25) is 0 Å². The molecule has 3 aliphatic rings. The number of rotatable bonds is 4. The number of anilines is 10. The molecule has 0 N–H and O–H groups in total. The zero-order valence-corrected chi connectivity index (χ0v) is 37.8. The fourth-order valence-electron chi connectivity index (χ4n) is 11.5. The van der Waals surface area contributed by atoms with Crippen LogP contribution >= 0.6 is 0 Å². The smallest absolute Gasteiger partial charge is 0.0699 e. The predicted octanol–water partition coefficient (Wildman–Crippen LogP) is 17.0. The van der Waals surface area contributed by atoms with Crippen LogP contribution in [-0.4, -0.2) is 14.1 Å². The summed E-state index contributed by atoms with van der Waals surface area (Å²) in [4.78, 5) is 9.54. The molecule has 316 valence electrons. The summed E-state index contributed by atoms with van der Waals surface area (Å²) in [6, 6.07) is 74.9. The Balaban J connectivity index is 1.14. The van der Waals surface area contributed by atoms with Crippen molar-refractivity contribution in [3.8, 4) is 33.4 Å². The Kier molecular flexibility index (Phi) is 8.26. The molecule has 0 bridgehead atoms. The predicted molar refractivity (Wildman–Crippen MR) is 280 cm³/mol. The van der Waals surface area contributed by atoms with Crippen LogP contribution in [0.15, 0.2) is 200 Å². The molecule has 0 radical (unpaired) electrons. The second-order valence-corrected chi connectivity index (χ2v) is 18.8. The lowest BCUT2D eigenvalue weighted by atomic mass is 9.80. The van der Waals surface area contributed by atoms with E-state index in [-0.39, 0.29) is 5.41 Å². The minimum atomic E-state index is -0.150. The Bertz CT molecular complexity index is 3540. The Morgan fingerprint density at radius 3 is 1.21 bits per heavy atom. The topological polar surface area (TPSA) is 13.0 Å². The lowest BCUT2D eigenvalue weighted by Crippen LogP contribution is -2.24. The van der Waals surface area contributed by atoms with Gasteiger partial charge in [-0.25, -0.2) is 0 Å². The second kappa shape index (κ2) is 14.2. The van der Waals surface area contributed by atoms with E-state index < -0.39 is 0 Å². The van der Waals surface area contributed by atoms with Crippen LogP contribution < -0.4 is 19.6 Å². The number of nitrogens with zero attached hydrogens (tertiary/aromatic N) is 4. The van der Waals surface area contributed by atoms with Crippen LogP contribution in [0.3, 0.4) is 0 Å². The third kappa shape index (κ3) is 5.45. The van der Waals surface area contributed by atoms with Gasteiger partial charge < -0.3 is 19.6 Å². The zero-order chi connectivity index (χ0) is 44.4. The van der Waals surface area contributed by atoms with E-state index in [1.807, 2.05) is 0 Å². The minimum Gasteiger partial charge on any atom is -0.341 e. The number of hydrogen-bond donors (Lipinski definition) is 0. The molecule has 10 aromatic carbocycles. The third-order valence-corrected chi connectivity index (χ3v) is 14.7. The zero-order valence-electron chi connectivity index (χ0n) is 37.8. The highest BCUT2D eigenvalue weighted by atomic mass is 15.3. The highest BCUT2D eigenvalue weighted by molar-refractivity contribution is 6.23. The van der Waals surface area contributed by atoms with Crippen LogP contribution in [0.5, 0.6) is 0 Å². The molecule has 0 unspecified atom stereocenters. The van der Waals surface area contributed by atoms with E-state index in [2.05, 4.69) is 255 Å². The SMILES string of the molecule is Cc1ccc(-c2c3ccc(N4c5ccccc5N(C)c5ccccc54)cc3c(-c3ccc4c(c3)C(C)(C)c3ccccc3-4)c3ccc(N4c5ccccc5N(C)c5ccccc54)cc23)cc1. The molecule has 0 atom stereocenters. The fraction of sp³-hybridized carbons (Fsp3) is 0.0968. The molecule has 4 heteroatoms.